The van der Waals surface area contributed by atoms with Gasteiger partial charge in [0.05, 0.1) is 11.8 Å². The highest BCUT2D eigenvalue weighted by Gasteiger charge is 2.01. The second-order valence-electron chi connectivity index (χ2n) is 3.71. The highest BCUT2D eigenvalue weighted by molar-refractivity contribution is 5.84. The van der Waals surface area contributed by atoms with Crippen molar-refractivity contribution in [1.29, 1.82) is 5.26 Å². The van der Waals surface area contributed by atoms with Gasteiger partial charge in [-0.2, -0.15) is 5.26 Å². The van der Waals surface area contributed by atoms with Gasteiger partial charge in [0, 0.05) is 13.3 Å². The first kappa shape index (κ1) is 14.6. The number of carbonyl (C=O) groups excluding carboxylic acids is 1. The van der Waals surface area contributed by atoms with Crippen LogP contribution in [0.2, 0.25) is 0 Å². The number of nitrogens with zero attached hydrogens (tertiary/aromatic N) is 2. The van der Waals surface area contributed by atoms with Crippen LogP contribution in [0.5, 0.6) is 0 Å². The molecule has 0 amide bonds. The van der Waals surface area contributed by atoms with Gasteiger partial charge in [-0.25, -0.2) is 4.79 Å². The van der Waals surface area contributed by atoms with Gasteiger partial charge in [-0.05, 0) is 32.1 Å². The lowest BCUT2D eigenvalue weighted by Crippen LogP contribution is -2.02. The molecule has 0 heterocycles. The SMILES string of the molecule is CCCCC(CCCCC#N)=NOC(C)=O. The molecule has 0 aliphatic rings. The molecule has 0 aromatic heterocycles. The Morgan fingerprint density at radius 2 is 2.00 bits per heavy atom. The van der Waals surface area contributed by atoms with Crippen molar-refractivity contribution in [3.63, 3.8) is 0 Å². The van der Waals surface area contributed by atoms with Crippen LogP contribution in [-0.2, 0) is 9.63 Å². The van der Waals surface area contributed by atoms with Crippen molar-refractivity contribution in [2.75, 3.05) is 0 Å². The lowest BCUT2D eigenvalue weighted by Gasteiger charge is -2.03. The second kappa shape index (κ2) is 10.2. The van der Waals surface area contributed by atoms with Gasteiger partial charge in [0.15, 0.2) is 0 Å². The van der Waals surface area contributed by atoms with Gasteiger partial charge in [-0.3, -0.25) is 0 Å². The summed E-state index contributed by atoms with van der Waals surface area (Å²) in [7, 11) is 0. The van der Waals surface area contributed by atoms with Crippen molar-refractivity contribution in [2.45, 2.75) is 58.8 Å². The van der Waals surface area contributed by atoms with Crippen molar-refractivity contribution < 1.29 is 9.63 Å². The first-order chi connectivity index (χ1) is 7.70. The minimum Gasteiger partial charge on any atom is -0.319 e. The number of nitriles is 1. The zero-order chi connectivity index (χ0) is 12.2. The number of oxime groups is 1. The standard InChI is InChI=1S/C12H20N2O2/c1-3-4-8-12(14-16-11(2)15)9-6-5-7-10-13/h3-9H2,1-2H3. The van der Waals surface area contributed by atoms with Crippen LogP contribution in [-0.4, -0.2) is 11.7 Å². The zero-order valence-electron chi connectivity index (χ0n) is 10.2. The molecule has 0 aromatic carbocycles. The summed E-state index contributed by atoms with van der Waals surface area (Å²) < 4.78 is 0. The number of hydrogen-bond donors (Lipinski definition) is 0. The van der Waals surface area contributed by atoms with Crippen molar-refractivity contribution in [3.05, 3.63) is 0 Å². The molecule has 0 radical (unpaired) electrons. The average Bonchev–Trinajstić information content (AvgIpc) is 2.26. The minimum absolute atomic E-state index is 0.383. The summed E-state index contributed by atoms with van der Waals surface area (Å²) >= 11 is 0. The van der Waals surface area contributed by atoms with Gasteiger partial charge < -0.3 is 4.84 Å². The van der Waals surface area contributed by atoms with Crippen molar-refractivity contribution in [3.8, 4) is 6.07 Å². The summed E-state index contributed by atoms with van der Waals surface area (Å²) in [6.45, 7) is 3.45. The van der Waals surface area contributed by atoms with E-state index < -0.39 is 0 Å². The average molecular weight is 224 g/mol. The Kier molecular flexibility index (Phi) is 9.29. The van der Waals surface area contributed by atoms with Crippen molar-refractivity contribution in [2.24, 2.45) is 5.16 Å². The minimum atomic E-state index is -0.383. The molecule has 0 spiro atoms. The van der Waals surface area contributed by atoms with Gasteiger partial charge in [-0.1, -0.05) is 18.5 Å². The van der Waals surface area contributed by atoms with Crippen LogP contribution >= 0.6 is 0 Å². The largest absolute Gasteiger partial charge is 0.331 e. The van der Waals surface area contributed by atoms with Gasteiger partial charge in [-0.15, -0.1) is 0 Å². The van der Waals surface area contributed by atoms with E-state index in [2.05, 4.69) is 23.0 Å². The fourth-order valence-corrected chi connectivity index (χ4v) is 1.26. The maximum absolute atomic E-state index is 10.6. The summed E-state index contributed by atoms with van der Waals surface area (Å²) in [6.07, 6.45) is 6.22. The van der Waals surface area contributed by atoms with Gasteiger partial charge in [0.2, 0.25) is 0 Å². The zero-order valence-corrected chi connectivity index (χ0v) is 10.2. The molecule has 0 saturated heterocycles. The maximum Gasteiger partial charge on any atom is 0.331 e. The molecule has 0 atom stereocenters. The van der Waals surface area contributed by atoms with Crippen LogP contribution in [0.1, 0.15) is 58.8 Å². The van der Waals surface area contributed by atoms with Gasteiger partial charge in [0.25, 0.3) is 0 Å². The van der Waals surface area contributed by atoms with E-state index in [-0.39, 0.29) is 5.97 Å². The molecule has 0 saturated carbocycles. The Hall–Kier alpha value is -1.37. The molecule has 0 aliphatic carbocycles. The third-order valence-corrected chi connectivity index (χ3v) is 2.13. The molecule has 0 aromatic rings. The Labute approximate surface area is 97.3 Å². The molecule has 0 bridgehead atoms. The summed E-state index contributed by atoms with van der Waals surface area (Å²) in [5.41, 5.74) is 0.926. The third kappa shape index (κ3) is 9.20. The lowest BCUT2D eigenvalue weighted by molar-refractivity contribution is -0.140. The molecule has 0 aliphatic heterocycles. The van der Waals surface area contributed by atoms with Crippen LogP contribution in [0.3, 0.4) is 0 Å². The number of hydrogen-bond acceptors (Lipinski definition) is 4. The van der Waals surface area contributed by atoms with E-state index in [9.17, 15) is 4.79 Å². The lowest BCUT2D eigenvalue weighted by atomic mass is 10.1. The van der Waals surface area contributed by atoms with Crippen LogP contribution in [0, 0.1) is 11.3 Å². The molecular formula is C12H20N2O2. The molecular weight excluding hydrogens is 204 g/mol. The van der Waals surface area contributed by atoms with E-state index in [1.54, 1.807) is 0 Å². The fraction of sp³-hybridized carbons (Fsp3) is 0.750. The monoisotopic (exact) mass is 224 g/mol. The highest BCUT2D eigenvalue weighted by atomic mass is 16.7. The van der Waals surface area contributed by atoms with E-state index >= 15 is 0 Å². The van der Waals surface area contributed by atoms with Crippen LogP contribution in [0.15, 0.2) is 5.16 Å². The van der Waals surface area contributed by atoms with E-state index in [0.29, 0.717) is 6.42 Å². The van der Waals surface area contributed by atoms with Crippen molar-refractivity contribution in [1.82, 2.24) is 0 Å². The molecule has 4 nitrogen and oxygen atoms in total. The molecule has 4 heteroatoms. The Morgan fingerprint density at radius 1 is 1.31 bits per heavy atom. The summed E-state index contributed by atoms with van der Waals surface area (Å²) in [5, 5.41) is 12.2. The third-order valence-electron chi connectivity index (χ3n) is 2.13. The normalized spacial score (nSPS) is 10.9. The van der Waals surface area contributed by atoms with E-state index in [0.717, 1.165) is 44.2 Å². The Morgan fingerprint density at radius 3 is 2.56 bits per heavy atom. The Balaban J connectivity index is 3.94. The summed E-state index contributed by atoms with van der Waals surface area (Å²) in [6, 6.07) is 2.11. The summed E-state index contributed by atoms with van der Waals surface area (Å²) in [4.78, 5) is 15.3. The van der Waals surface area contributed by atoms with E-state index in [1.807, 2.05) is 0 Å². The first-order valence-electron chi connectivity index (χ1n) is 5.81. The second-order valence-corrected chi connectivity index (χ2v) is 3.71. The number of unbranched alkanes of at least 4 members (excludes halogenated alkanes) is 3. The molecule has 0 N–H and O–H groups in total. The highest BCUT2D eigenvalue weighted by Crippen LogP contribution is 2.07. The topological polar surface area (TPSA) is 62.4 Å². The van der Waals surface area contributed by atoms with Crippen molar-refractivity contribution >= 4 is 11.7 Å². The molecule has 16 heavy (non-hydrogen) atoms. The summed E-state index contributed by atoms with van der Waals surface area (Å²) in [5.74, 6) is -0.383. The molecule has 90 valence electrons. The quantitative estimate of drug-likeness (QED) is 0.275. The van der Waals surface area contributed by atoms with E-state index in [4.69, 9.17) is 5.26 Å². The molecule has 0 rings (SSSR count). The van der Waals surface area contributed by atoms with Crippen LogP contribution < -0.4 is 0 Å². The van der Waals surface area contributed by atoms with Crippen LogP contribution in [0.4, 0.5) is 0 Å². The van der Waals surface area contributed by atoms with Crippen LogP contribution in [0.25, 0.3) is 0 Å². The molecule has 0 fully saturated rings. The van der Waals surface area contributed by atoms with E-state index in [1.165, 1.54) is 6.92 Å². The molecule has 0 unspecified atom stereocenters. The predicted molar refractivity (Wildman–Crippen MR) is 62.8 cm³/mol. The number of carbonyl (C=O) groups is 1. The predicted octanol–water partition coefficient (Wildman–Crippen LogP) is 3.18. The van der Waals surface area contributed by atoms with Gasteiger partial charge >= 0.3 is 5.97 Å². The number of rotatable bonds is 8. The smallest absolute Gasteiger partial charge is 0.319 e. The Bertz CT molecular complexity index is 267. The maximum atomic E-state index is 10.6. The first-order valence-corrected chi connectivity index (χ1v) is 5.81. The van der Waals surface area contributed by atoms with Gasteiger partial charge in [0.1, 0.15) is 0 Å². The fourth-order valence-electron chi connectivity index (χ4n) is 1.26.